The molecule has 0 saturated carbocycles. The second-order valence-electron chi connectivity index (χ2n) is 5.94. The monoisotopic (exact) mass is 357 g/mol. The van der Waals surface area contributed by atoms with Gasteiger partial charge in [-0.3, -0.25) is 5.32 Å². The molecular formula is C16H17ClFNO3S. The third kappa shape index (κ3) is 4.67. The predicted molar refractivity (Wildman–Crippen MR) is 89.6 cm³/mol. The lowest BCUT2D eigenvalue weighted by molar-refractivity contribution is 0.0635. The number of carbonyl (C=O) groups excluding carboxylic acids is 1. The zero-order valence-electron chi connectivity index (χ0n) is 12.9. The number of aliphatic hydroxyl groups is 1. The third-order valence-corrected chi connectivity index (χ3v) is 3.98. The lowest BCUT2D eigenvalue weighted by Gasteiger charge is -2.20. The fraction of sp³-hybridized carbons (Fsp3) is 0.312. The van der Waals surface area contributed by atoms with E-state index in [9.17, 15) is 14.3 Å². The Morgan fingerprint density at radius 1 is 1.35 bits per heavy atom. The highest BCUT2D eigenvalue weighted by atomic mass is 35.5. The van der Waals surface area contributed by atoms with Gasteiger partial charge in [-0.05, 0) is 44.4 Å². The molecular weight excluding hydrogens is 341 g/mol. The van der Waals surface area contributed by atoms with Gasteiger partial charge in [-0.2, -0.15) is 0 Å². The smallest absolute Gasteiger partial charge is 0.412 e. The number of benzene rings is 1. The Balaban J connectivity index is 2.23. The average molecular weight is 358 g/mol. The van der Waals surface area contributed by atoms with Crippen LogP contribution < -0.4 is 5.32 Å². The van der Waals surface area contributed by atoms with Crippen LogP contribution in [-0.4, -0.2) is 16.8 Å². The van der Waals surface area contributed by atoms with Crippen LogP contribution in [0, 0.1) is 5.82 Å². The summed E-state index contributed by atoms with van der Waals surface area (Å²) in [5, 5.41) is 16.6. The summed E-state index contributed by atoms with van der Waals surface area (Å²) >= 11 is 7.31. The minimum Gasteiger partial charge on any atom is -0.444 e. The van der Waals surface area contributed by atoms with Gasteiger partial charge in [0.25, 0.3) is 0 Å². The van der Waals surface area contributed by atoms with Crippen molar-refractivity contribution >= 4 is 34.7 Å². The van der Waals surface area contributed by atoms with Gasteiger partial charge in [0.2, 0.25) is 0 Å². The lowest BCUT2D eigenvalue weighted by Crippen LogP contribution is -2.27. The van der Waals surface area contributed by atoms with Crippen molar-refractivity contribution in [3.8, 4) is 0 Å². The molecule has 0 radical (unpaired) electrons. The van der Waals surface area contributed by atoms with E-state index in [4.69, 9.17) is 16.3 Å². The molecule has 1 aromatic heterocycles. The van der Waals surface area contributed by atoms with E-state index in [2.05, 4.69) is 5.32 Å². The van der Waals surface area contributed by atoms with Gasteiger partial charge in [-0.15, -0.1) is 11.3 Å². The number of thiophene rings is 1. The molecule has 0 aliphatic rings. The maximum absolute atomic E-state index is 13.4. The zero-order chi connectivity index (χ0) is 17.2. The Morgan fingerprint density at radius 3 is 2.70 bits per heavy atom. The van der Waals surface area contributed by atoms with Gasteiger partial charge in [0, 0.05) is 21.5 Å². The second kappa shape index (κ2) is 6.86. The van der Waals surface area contributed by atoms with Gasteiger partial charge >= 0.3 is 6.09 Å². The van der Waals surface area contributed by atoms with E-state index in [0.717, 1.165) is 0 Å². The maximum atomic E-state index is 13.4. The minimum absolute atomic E-state index is 0.234. The van der Waals surface area contributed by atoms with E-state index in [1.54, 1.807) is 31.5 Å². The average Bonchev–Trinajstić information content (AvgIpc) is 2.86. The van der Waals surface area contributed by atoms with Gasteiger partial charge < -0.3 is 9.84 Å². The molecule has 1 aromatic carbocycles. The summed E-state index contributed by atoms with van der Waals surface area (Å²) in [6, 6.07) is 3.76. The molecule has 2 rings (SSSR count). The Labute approximate surface area is 142 Å². The molecule has 0 bridgehead atoms. The molecule has 124 valence electrons. The highest BCUT2D eigenvalue weighted by Gasteiger charge is 2.22. The molecule has 0 aliphatic carbocycles. The largest absolute Gasteiger partial charge is 0.444 e. The molecule has 0 spiro atoms. The zero-order valence-corrected chi connectivity index (χ0v) is 14.5. The third-order valence-electron chi connectivity index (χ3n) is 2.87. The molecule has 0 saturated heterocycles. The van der Waals surface area contributed by atoms with E-state index >= 15 is 0 Å². The number of carbonyl (C=O) groups is 1. The molecule has 7 heteroatoms. The van der Waals surface area contributed by atoms with Crippen molar-refractivity contribution in [2.24, 2.45) is 0 Å². The number of halogens is 2. The standard InChI is InChI=1S/C16H17ClFNO3S/c1-16(2,3)22-15(21)19-13-8-23-7-11(13)14(20)10-6-9(18)4-5-12(10)17/h4-8,14,20H,1-3H3,(H,19,21). The Kier molecular flexibility index (Phi) is 5.29. The van der Waals surface area contributed by atoms with Crippen LogP contribution in [0.1, 0.15) is 38.0 Å². The van der Waals surface area contributed by atoms with Crippen LogP contribution in [0.4, 0.5) is 14.9 Å². The van der Waals surface area contributed by atoms with Crippen molar-refractivity contribution in [3.63, 3.8) is 0 Å². The quantitative estimate of drug-likeness (QED) is 0.815. The van der Waals surface area contributed by atoms with Gasteiger partial charge in [-0.25, -0.2) is 9.18 Å². The Morgan fingerprint density at radius 2 is 2.04 bits per heavy atom. The van der Waals surface area contributed by atoms with E-state index in [1.165, 1.54) is 29.5 Å². The fourth-order valence-electron chi connectivity index (χ4n) is 1.93. The van der Waals surface area contributed by atoms with Crippen LogP contribution >= 0.6 is 22.9 Å². The molecule has 1 atom stereocenters. The Hall–Kier alpha value is -1.63. The normalized spacial score (nSPS) is 12.8. The van der Waals surface area contributed by atoms with Crippen LogP contribution in [0.3, 0.4) is 0 Å². The van der Waals surface area contributed by atoms with Crippen molar-refractivity contribution < 1.29 is 19.0 Å². The number of rotatable bonds is 3. The van der Waals surface area contributed by atoms with Crippen LogP contribution in [0.25, 0.3) is 0 Å². The molecule has 1 amide bonds. The van der Waals surface area contributed by atoms with Crippen molar-refractivity contribution in [1.82, 2.24) is 0 Å². The van der Waals surface area contributed by atoms with E-state index in [1.807, 2.05) is 0 Å². The minimum atomic E-state index is -1.16. The second-order valence-corrected chi connectivity index (χ2v) is 7.09. The van der Waals surface area contributed by atoms with Crippen LogP contribution in [0.15, 0.2) is 29.0 Å². The Bertz CT molecular complexity index is 712. The molecule has 2 N–H and O–H groups in total. The van der Waals surface area contributed by atoms with Crippen molar-refractivity contribution in [2.75, 3.05) is 5.32 Å². The highest BCUT2D eigenvalue weighted by Crippen LogP contribution is 2.35. The molecule has 1 unspecified atom stereocenters. The van der Waals surface area contributed by atoms with Crippen molar-refractivity contribution in [1.29, 1.82) is 0 Å². The number of amides is 1. The number of hydrogen-bond donors (Lipinski definition) is 2. The summed E-state index contributed by atoms with van der Waals surface area (Å²) in [6.07, 6.45) is -1.79. The summed E-state index contributed by atoms with van der Waals surface area (Å²) in [7, 11) is 0. The number of ether oxygens (including phenoxy) is 1. The molecule has 0 aliphatic heterocycles. The number of aliphatic hydroxyl groups excluding tert-OH is 1. The van der Waals surface area contributed by atoms with Crippen LogP contribution in [-0.2, 0) is 4.74 Å². The molecule has 4 nitrogen and oxygen atoms in total. The first kappa shape index (κ1) is 17.7. The first-order valence-corrected chi connectivity index (χ1v) is 8.18. The van der Waals surface area contributed by atoms with Crippen LogP contribution in [0.2, 0.25) is 5.02 Å². The summed E-state index contributed by atoms with van der Waals surface area (Å²) in [5.74, 6) is -0.500. The van der Waals surface area contributed by atoms with Crippen molar-refractivity contribution in [2.45, 2.75) is 32.5 Å². The molecule has 23 heavy (non-hydrogen) atoms. The fourth-order valence-corrected chi connectivity index (χ4v) is 2.95. The summed E-state index contributed by atoms with van der Waals surface area (Å²) in [4.78, 5) is 11.9. The highest BCUT2D eigenvalue weighted by molar-refractivity contribution is 7.08. The number of nitrogens with one attached hydrogen (secondary N) is 1. The lowest BCUT2D eigenvalue weighted by atomic mass is 10.0. The topological polar surface area (TPSA) is 58.6 Å². The van der Waals surface area contributed by atoms with Gasteiger partial charge in [0.15, 0.2) is 0 Å². The molecule has 1 heterocycles. The SMILES string of the molecule is CC(C)(C)OC(=O)Nc1cscc1C(O)c1cc(F)ccc1Cl. The van der Waals surface area contributed by atoms with Gasteiger partial charge in [0.05, 0.1) is 5.69 Å². The predicted octanol–water partition coefficient (Wildman–Crippen LogP) is 4.97. The number of hydrogen-bond acceptors (Lipinski definition) is 4. The van der Waals surface area contributed by atoms with Crippen LogP contribution in [0.5, 0.6) is 0 Å². The first-order valence-electron chi connectivity index (χ1n) is 6.86. The first-order chi connectivity index (χ1) is 10.7. The van der Waals surface area contributed by atoms with E-state index in [-0.39, 0.29) is 10.6 Å². The summed E-state index contributed by atoms with van der Waals surface area (Å²) in [5.41, 5.74) is 0.424. The molecule has 0 fully saturated rings. The summed E-state index contributed by atoms with van der Waals surface area (Å²) < 4.78 is 18.6. The summed E-state index contributed by atoms with van der Waals surface area (Å²) in [6.45, 7) is 5.26. The van der Waals surface area contributed by atoms with Gasteiger partial charge in [0.1, 0.15) is 17.5 Å². The van der Waals surface area contributed by atoms with E-state index in [0.29, 0.717) is 11.3 Å². The van der Waals surface area contributed by atoms with E-state index < -0.39 is 23.6 Å². The van der Waals surface area contributed by atoms with Crippen molar-refractivity contribution in [3.05, 3.63) is 50.9 Å². The number of anilines is 1. The maximum Gasteiger partial charge on any atom is 0.412 e. The van der Waals surface area contributed by atoms with Gasteiger partial charge in [-0.1, -0.05) is 11.6 Å². The molecule has 2 aromatic rings.